The van der Waals surface area contributed by atoms with E-state index in [2.05, 4.69) is 16.0 Å². The van der Waals surface area contributed by atoms with Gasteiger partial charge >= 0.3 is 0 Å². The highest BCUT2D eigenvalue weighted by Gasteiger charge is 2.56. The number of rotatable bonds is 13. The summed E-state index contributed by atoms with van der Waals surface area (Å²) in [5.41, 5.74) is 0. The normalized spacial score (nSPS) is 45.7. The molecule has 2 unspecified atom stereocenters. The molecule has 24 heteroatoms. The Hall–Kier alpha value is -2.31. The van der Waals surface area contributed by atoms with Gasteiger partial charge in [0.05, 0.1) is 26.4 Å². The van der Waals surface area contributed by atoms with E-state index in [9.17, 15) is 70.6 Å². The molecule has 0 aromatic heterocycles. The van der Waals surface area contributed by atoms with Crippen LogP contribution in [0, 0.1) is 0 Å². The van der Waals surface area contributed by atoms with Crippen LogP contribution in [0.5, 0.6) is 0 Å². The van der Waals surface area contributed by atoms with Crippen molar-refractivity contribution >= 4 is 17.7 Å². The van der Waals surface area contributed by atoms with E-state index in [4.69, 9.17) is 33.2 Å². The molecule has 4 rings (SSSR count). The van der Waals surface area contributed by atoms with Crippen molar-refractivity contribution in [3.8, 4) is 0 Å². The average molecular weight is 790 g/mol. The minimum Gasteiger partial charge on any atom is -0.394 e. The molecule has 0 bridgehead atoms. The van der Waals surface area contributed by atoms with Gasteiger partial charge in [0.1, 0.15) is 97.5 Å². The molecule has 54 heavy (non-hydrogen) atoms. The second-order valence-corrected chi connectivity index (χ2v) is 13.3. The number of ether oxygens (including phenoxy) is 7. The van der Waals surface area contributed by atoms with Crippen molar-refractivity contribution in [2.24, 2.45) is 0 Å². The number of carbonyl (C=O) groups excluding carboxylic acids is 3. The lowest BCUT2D eigenvalue weighted by Crippen LogP contribution is -2.72. The topological polar surface area (TPSA) is 374 Å². The van der Waals surface area contributed by atoms with Gasteiger partial charge in [-0.2, -0.15) is 0 Å². The predicted octanol–water partition coefficient (Wildman–Crippen LogP) is -9.32. The second kappa shape index (κ2) is 19.2. The standard InChI is InChI=1S/C30H51N3O21/c1-8(38)31-15-21(44)24(14(7-37)48-27(15)47)52-28-16(32-9(2)39)25(19(42)12(5-35)49-28)53-29-17(33-10(3)40)26(20(43)13(6-36)50-29)54-30-23(46)22(45)18(41)11(4-34)51-30/h11-30,34-37,41-47H,4-7H2,1-3H3,(H,31,38)(H,32,39)(H,33,40)/t11-,12-,13-,14-,15-,16-,17-,18+,19-,20-,21-,22+,23-,24-,25-,26-,27?,28?,29+,30+/m1/s1. The van der Waals surface area contributed by atoms with Crippen LogP contribution in [0.25, 0.3) is 0 Å². The highest BCUT2D eigenvalue weighted by atomic mass is 16.7. The molecular weight excluding hydrogens is 738 g/mol. The summed E-state index contributed by atoms with van der Waals surface area (Å²) >= 11 is 0. The summed E-state index contributed by atoms with van der Waals surface area (Å²) in [6.07, 6.45) is -29.6. The summed E-state index contributed by atoms with van der Waals surface area (Å²) in [5.74, 6) is -2.21. The molecule has 4 aliphatic heterocycles. The fourth-order valence-corrected chi connectivity index (χ4v) is 6.75. The smallest absolute Gasteiger partial charge is 0.217 e. The number of aliphatic hydroxyl groups excluding tert-OH is 11. The monoisotopic (exact) mass is 789 g/mol. The van der Waals surface area contributed by atoms with Crippen molar-refractivity contribution in [2.75, 3.05) is 26.4 Å². The molecule has 0 spiro atoms. The number of amides is 3. The zero-order chi connectivity index (χ0) is 40.2. The summed E-state index contributed by atoms with van der Waals surface area (Å²) in [7, 11) is 0. The van der Waals surface area contributed by atoms with Crippen molar-refractivity contribution in [1.29, 1.82) is 0 Å². The molecule has 14 N–H and O–H groups in total. The third kappa shape index (κ3) is 9.79. The Kier molecular flexibility index (Phi) is 15.8. The van der Waals surface area contributed by atoms with Crippen LogP contribution in [-0.2, 0) is 47.5 Å². The Morgan fingerprint density at radius 2 is 0.815 bits per heavy atom. The number of carbonyl (C=O) groups is 3. The van der Waals surface area contributed by atoms with Crippen molar-refractivity contribution in [3.63, 3.8) is 0 Å². The van der Waals surface area contributed by atoms with Gasteiger partial charge in [0.2, 0.25) is 17.7 Å². The van der Waals surface area contributed by atoms with Crippen LogP contribution < -0.4 is 16.0 Å². The van der Waals surface area contributed by atoms with Crippen LogP contribution >= 0.6 is 0 Å². The highest BCUT2D eigenvalue weighted by Crippen LogP contribution is 2.34. The predicted molar refractivity (Wildman–Crippen MR) is 169 cm³/mol. The minimum absolute atomic E-state index is 0.675. The van der Waals surface area contributed by atoms with Gasteiger partial charge in [0.15, 0.2) is 25.2 Å². The maximum atomic E-state index is 12.5. The van der Waals surface area contributed by atoms with Gasteiger partial charge in [-0.05, 0) is 0 Å². The zero-order valence-electron chi connectivity index (χ0n) is 29.4. The van der Waals surface area contributed by atoms with E-state index in [1.807, 2.05) is 0 Å². The van der Waals surface area contributed by atoms with Gasteiger partial charge in [-0.15, -0.1) is 0 Å². The SMILES string of the molecule is CC(=O)N[C@H]1[C@H](O[C@H]2[C@H](O)[C@@H](CO)OC(O[C@H]3[C@H](O)[C@@H](NC(C)=O)C(O)O[C@@H]3CO)[C@@H]2NC(C)=O)O[C@H](CO)[C@@H](O)[C@@H]1O[C@@H]1O[C@H](CO)[C@H](O)[C@H](O)[C@H]1O. The lowest BCUT2D eigenvalue weighted by atomic mass is 9.93. The maximum absolute atomic E-state index is 12.5. The van der Waals surface area contributed by atoms with Gasteiger partial charge in [0, 0.05) is 20.8 Å². The maximum Gasteiger partial charge on any atom is 0.217 e. The molecule has 312 valence electrons. The molecule has 3 amide bonds. The summed E-state index contributed by atoms with van der Waals surface area (Å²) in [6.45, 7) is -0.276. The average Bonchev–Trinajstić information content (AvgIpc) is 3.11. The Balaban J connectivity index is 1.70. The molecule has 0 aromatic rings. The molecule has 4 heterocycles. The van der Waals surface area contributed by atoms with Gasteiger partial charge in [0.25, 0.3) is 0 Å². The van der Waals surface area contributed by atoms with Crippen LogP contribution in [0.15, 0.2) is 0 Å². The molecular formula is C30H51N3O21. The summed E-state index contributed by atoms with van der Waals surface area (Å²) < 4.78 is 40.2. The second-order valence-electron chi connectivity index (χ2n) is 13.3. The lowest BCUT2D eigenvalue weighted by Gasteiger charge is -2.51. The van der Waals surface area contributed by atoms with E-state index in [1.165, 1.54) is 0 Å². The van der Waals surface area contributed by atoms with Crippen LogP contribution in [0.1, 0.15) is 20.8 Å². The van der Waals surface area contributed by atoms with Crippen molar-refractivity contribution < 1.29 is 104 Å². The van der Waals surface area contributed by atoms with Crippen molar-refractivity contribution in [2.45, 2.75) is 143 Å². The number of hydrogen-bond donors (Lipinski definition) is 14. The first-order chi connectivity index (χ1) is 25.5. The Bertz CT molecular complexity index is 1250. The van der Waals surface area contributed by atoms with Gasteiger partial charge < -0.3 is 105 Å². The molecule has 0 aliphatic carbocycles. The van der Waals surface area contributed by atoms with Crippen LogP contribution in [-0.4, -0.2) is 223 Å². The summed E-state index contributed by atoms with van der Waals surface area (Å²) in [6, 6.07) is -4.72. The van der Waals surface area contributed by atoms with E-state index in [1.54, 1.807) is 0 Å². The number of hydrogen-bond acceptors (Lipinski definition) is 21. The summed E-state index contributed by atoms with van der Waals surface area (Å²) in [5, 5.41) is 122. The molecule has 0 radical (unpaired) electrons. The molecule has 20 atom stereocenters. The molecule has 24 nitrogen and oxygen atoms in total. The van der Waals surface area contributed by atoms with Crippen LogP contribution in [0.2, 0.25) is 0 Å². The van der Waals surface area contributed by atoms with E-state index in [-0.39, 0.29) is 0 Å². The fourth-order valence-electron chi connectivity index (χ4n) is 6.75. The summed E-state index contributed by atoms with van der Waals surface area (Å²) in [4.78, 5) is 36.8. The highest BCUT2D eigenvalue weighted by molar-refractivity contribution is 5.74. The largest absolute Gasteiger partial charge is 0.394 e. The van der Waals surface area contributed by atoms with Crippen LogP contribution in [0.4, 0.5) is 0 Å². The molecule has 4 saturated heterocycles. The fraction of sp³-hybridized carbons (Fsp3) is 0.900. The molecule has 0 aromatic carbocycles. The number of nitrogens with one attached hydrogen (secondary N) is 3. The third-order valence-corrected chi connectivity index (χ3v) is 9.41. The Morgan fingerprint density at radius 1 is 0.444 bits per heavy atom. The lowest BCUT2D eigenvalue weighted by molar-refractivity contribution is -0.364. The van der Waals surface area contributed by atoms with Crippen LogP contribution in [0.3, 0.4) is 0 Å². The zero-order valence-corrected chi connectivity index (χ0v) is 29.4. The number of aliphatic hydroxyl groups is 11. The Labute approximate surface area is 307 Å². The van der Waals surface area contributed by atoms with E-state index < -0.39 is 167 Å². The van der Waals surface area contributed by atoms with Crippen molar-refractivity contribution in [1.82, 2.24) is 16.0 Å². The molecule has 4 aliphatic rings. The quantitative estimate of drug-likeness (QED) is 0.0823. The van der Waals surface area contributed by atoms with E-state index >= 15 is 0 Å². The first-order valence-electron chi connectivity index (χ1n) is 17.1. The Morgan fingerprint density at radius 3 is 1.24 bits per heavy atom. The van der Waals surface area contributed by atoms with E-state index in [0.29, 0.717) is 0 Å². The van der Waals surface area contributed by atoms with Gasteiger partial charge in [-0.3, -0.25) is 14.4 Å². The first-order valence-corrected chi connectivity index (χ1v) is 17.1. The van der Waals surface area contributed by atoms with Gasteiger partial charge in [-0.25, -0.2) is 0 Å². The van der Waals surface area contributed by atoms with E-state index in [0.717, 1.165) is 20.8 Å². The molecule has 0 saturated carbocycles. The molecule has 4 fully saturated rings. The third-order valence-electron chi connectivity index (χ3n) is 9.41. The van der Waals surface area contributed by atoms with Crippen molar-refractivity contribution in [3.05, 3.63) is 0 Å². The van der Waals surface area contributed by atoms with Gasteiger partial charge in [-0.1, -0.05) is 0 Å². The minimum atomic E-state index is -1.97. The first kappa shape index (κ1) is 44.4.